The quantitative estimate of drug-likeness (QED) is 0.804. The number of halogens is 2. The van der Waals surface area contributed by atoms with Gasteiger partial charge in [0.05, 0.1) is 0 Å². The first-order valence-electron chi connectivity index (χ1n) is 5.39. The number of nitrogens with zero attached hydrogens (tertiary/aromatic N) is 4. The van der Waals surface area contributed by atoms with Crippen LogP contribution < -0.4 is 0 Å². The number of hydrogen-bond acceptors (Lipinski definition) is 5. The Bertz CT molecular complexity index is 717. The van der Waals surface area contributed by atoms with Gasteiger partial charge >= 0.3 is 0 Å². The fourth-order valence-electron chi connectivity index (χ4n) is 1.38. The van der Waals surface area contributed by atoms with Gasteiger partial charge in [-0.05, 0) is 17.7 Å². The molecule has 7 heteroatoms. The number of thioether (sulfide) groups is 1. The van der Waals surface area contributed by atoms with E-state index < -0.39 is 0 Å². The number of aromatic nitrogens is 2. The van der Waals surface area contributed by atoms with Gasteiger partial charge in [0.2, 0.25) is 0 Å². The van der Waals surface area contributed by atoms with E-state index in [2.05, 4.69) is 9.97 Å². The number of rotatable bonds is 3. The molecule has 0 aliphatic heterocycles. The van der Waals surface area contributed by atoms with Crippen LogP contribution in [0, 0.1) is 22.7 Å². The maximum atomic E-state index is 8.91. The molecule has 1 aromatic carbocycles. The normalized spacial score (nSPS) is 9.80. The lowest BCUT2D eigenvalue weighted by atomic mass is 10.2. The van der Waals surface area contributed by atoms with Crippen LogP contribution in [-0.2, 0) is 5.75 Å². The van der Waals surface area contributed by atoms with Gasteiger partial charge in [0, 0.05) is 10.8 Å². The summed E-state index contributed by atoms with van der Waals surface area (Å²) < 4.78 is 0. The van der Waals surface area contributed by atoms with E-state index in [1.807, 2.05) is 18.2 Å². The SMILES string of the molecule is N#Cc1nc(Cl)c(SCc2ccc(Cl)cc2)nc1C#N. The van der Waals surface area contributed by atoms with Crippen LogP contribution in [-0.4, -0.2) is 9.97 Å². The van der Waals surface area contributed by atoms with E-state index in [1.165, 1.54) is 11.8 Å². The minimum Gasteiger partial charge on any atom is -0.224 e. The molecule has 0 radical (unpaired) electrons. The topological polar surface area (TPSA) is 73.4 Å². The summed E-state index contributed by atoms with van der Waals surface area (Å²) in [6.07, 6.45) is 0. The van der Waals surface area contributed by atoms with Gasteiger partial charge in [-0.15, -0.1) is 0 Å². The van der Waals surface area contributed by atoms with Gasteiger partial charge in [-0.2, -0.15) is 10.5 Å². The highest BCUT2D eigenvalue weighted by Gasteiger charge is 2.12. The molecule has 2 aromatic rings. The summed E-state index contributed by atoms with van der Waals surface area (Å²) in [5.74, 6) is 0.613. The van der Waals surface area contributed by atoms with Crippen LogP contribution in [0.2, 0.25) is 10.2 Å². The Morgan fingerprint density at radius 1 is 1.00 bits per heavy atom. The summed E-state index contributed by atoms with van der Waals surface area (Å²) in [7, 11) is 0. The minimum absolute atomic E-state index is 0.0180. The predicted molar refractivity (Wildman–Crippen MR) is 77.5 cm³/mol. The van der Waals surface area contributed by atoms with E-state index in [9.17, 15) is 0 Å². The standard InChI is InChI=1S/C13H6Cl2N4S/c14-9-3-1-8(2-4-9)7-20-13-12(15)18-10(5-16)11(6-17)19-13/h1-4H,7H2. The summed E-state index contributed by atoms with van der Waals surface area (Å²) in [5.41, 5.74) is 0.962. The van der Waals surface area contributed by atoms with Gasteiger partial charge in [0.1, 0.15) is 17.2 Å². The second kappa shape index (κ2) is 6.58. The summed E-state index contributed by atoms with van der Waals surface area (Å²) >= 11 is 13.1. The van der Waals surface area contributed by atoms with Crippen molar-refractivity contribution in [3.63, 3.8) is 0 Å². The molecule has 0 unspecified atom stereocenters. The average Bonchev–Trinajstić information content (AvgIpc) is 2.47. The van der Waals surface area contributed by atoms with E-state index in [0.717, 1.165) is 5.56 Å². The van der Waals surface area contributed by atoms with E-state index in [1.54, 1.807) is 18.2 Å². The maximum Gasteiger partial charge on any atom is 0.178 e. The Labute approximate surface area is 130 Å². The molecule has 0 atom stereocenters. The summed E-state index contributed by atoms with van der Waals surface area (Å²) in [6.45, 7) is 0. The van der Waals surface area contributed by atoms with Gasteiger partial charge in [-0.25, -0.2) is 9.97 Å². The van der Waals surface area contributed by atoms with Crippen molar-refractivity contribution in [2.24, 2.45) is 0 Å². The monoisotopic (exact) mass is 320 g/mol. The third-order valence-corrected chi connectivity index (χ3v) is 3.99. The molecule has 0 N–H and O–H groups in total. The van der Waals surface area contributed by atoms with Crippen LogP contribution in [0.25, 0.3) is 0 Å². The largest absolute Gasteiger partial charge is 0.224 e. The van der Waals surface area contributed by atoms with E-state index in [4.69, 9.17) is 33.7 Å². The summed E-state index contributed by atoms with van der Waals surface area (Å²) in [6, 6.07) is 11.0. The average molecular weight is 321 g/mol. The minimum atomic E-state index is -0.0617. The van der Waals surface area contributed by atoms with E-state index >= 15 is 0 Å². The van der Waals surface area contributed by atoms with Crippen molar-refractivity contribution in [2.45, 2.75) is 10.8 Å². The van der Waals surface area contributed by atoms with Gasteiger partial charge in [0.25, 0.3) is 0 Å². The zero-order valence-electron chi connectivity index (χ0n) is 9.97. The zero-order chi connectivity index (χ0) is 14.5. The Hall–Kier alpha value is -1.79. The van der Waals surface area contributed by atoms with Crippen molar-refractivity contribution in [1.82, 2.24) is 9.97 Å². The third-order valence-electron chi connectivity index (χ3n) is 2.32. The van der Waals surface area contributed by atoms with Gasteiger partial charge in [-0.1, -0.05) is 47.1 Å². The lowest BCUT2D eigenvalue weighted by Crippen LogP contribution is -1.97. The predicted octanol–water partition coefficient (Wildman–Crippen LogP) is 3.82. The second-order valence-corrected chi connectivity index (χ2v) is 5.41. The molecule has 4 nitrogen and oxygen atoms in total. The first-order valence-corrected chi connectivity index (χ1v) is 7.13. The molecule has 1 aromatic heterocycles. The number of benzene rings is 1. The summed E-state index contributed by atoms with van der Waals surface area (Å²) in [5, 5.41) is 18.9. The highest BCUT2D eigenvalue weighted by molar-refractivity contribution is 7.98. The Balaban J connectivity index is 2.20. The van der Waals surface area contributed by atoms with E-state index in [-0.39, 0.29) is 16.5 Å². The number of nitriles is 2. The Kier molecular flexibility index (Phi) is 4.81. The molecule has 2 rings (SSSR count). The molecule has 0 aliphatic carbocycles. The lowest BCUT2D eigenvalue weighted by Gasteiger charge is -2.04. The molecule has 98 valence electrons. The van der Waals surface area contributed by atoms with Crippen molar-refractivity contribution >= 4 is 35.0 Å². The molecule has 0 amide bonds. The highest BCUT2D eigenvalue weighted by atomic mass is 35.5. The van der Waals surface area contributed by atoms with Crippen molar-refractivity contribution in [2.75, 3.05) is 0 Å². The van der Waals surface area contributed by atoms with Crippen molar-refractivity contribution < 1.29 is 0 Å². The van der Waals surface area contributed by atoms with Gasteiger partial charge < -0.3 is 0 Å². The number of hydrogen-bond donors (Lipinski definition) is 0. The van der Waals surface area contributed by atoms with Crippen LogP contribution >= 0.6 is 35.0 Å². The van der Waals surface area contributed by atoms with Gasteiger partial charge in [0.15, 0.2) is 16.5 Å². The second-order valence-electron chi connectivity index (χ2n) is 3.66. The van der Waals surface area contributed by atoms with Gasteiger partial charge in [-0.3, -0.25) is 0 Å². The molecule has 20 heavy (non-hydrogen) atoms. The lowest BCUT2D eigenvalue weighted by molar-refractivity contribution is 1.01. The zero-order valence-corrected chi connectivity index (χ0v) is 12.3. The smallest absolute Gasteiger partial charge is 0.178 e. The molecule has 1 heterocycles. The van der Waals surface area contributed by atoms with Crippen molar-refractivity contribution in [3.8, 4) is 12.1 Å². The van der Waals surface area contributed by atoms with Crippen LogP contribution in [0.5, 0.6) is 0 Å². The Morgan fingerprint density at radius 2 is 1.60 bits per heavy atom. The molecule has 0 saturated carbocycles. The molecule has 0 spiro atoms. The fourth-order valence-corrected chi connectivity index (χ4v) is 2.61. The molecule has 0 saturated heterocycles. The molecule has 0 bridgehead atoms. The van der Waals surface area contributed by atoms with Crippen LogP contribution in [0.4, 0.5) is 0 Å². The van der Waals surface area contributed by atoms with Crippen LogP contribution in [0.15, 0.2) is 29.3 Å². The summed E-state index contributed by atoms with van der Waals surface area (Å²) in [4.78, 5) is 7.92. The first-order chi connectivity index (χ1) is 9.63. The van der Waals surface area contributed by atoms with Crippen LogP contribution in [0.3, 0.4) is 0 Å². The molecular formula is C13H6Cl2N4S. The van der Waals surface area contributed by atoms with Crippen molar-refractivity contribution in [3.05, 3.63) is 51.4 Å². The fraction of sp³-hybridized carbons (Fsp3) is 0.0769. The van der Waals surface area contributed by atoms with Crippen LogP contribution in [0.1, 0.15) is 17.0 Å². The Morgan fingerprint density at radius 3 is 2.20 bits per heavy atom. The molecular weight excluding hydrogens is 315 g/mol. The highest BCUT2D eigenvalue weighted by Crippen LogP contribution is 2.27. The van der Waals surface area contributed by atoms with E-state index in [0.29, 0.717) is 15.8 Å². The third kappa shape index (κ3) is 3.40. The van der Waals surface area contributed by atoms with Crippen molar-refractivity contribution in [1.29, 1.82) is 10.5 Å². The molecule has 0 fully saturated rings. The maximum absolute atomic E-state index is 8.91. The first kappa shape index (κ1) is 14.6. The molecule has 0 aliphatic rings.